The summed E-state index contributed by atoms with van der Waals surface area (Å²) in [6.45, 7) is 6.08. The van der Waals surface area contributed by atoms with Crippen LogP contribution in [0.4, 0.5) is 5.95 Å². The first-order valence-corrected chi connectivity index (χ1v) is 7.45. The van der Waals surface area contributed by atoms with E-state index in [1.807, 2.05) is 30.5 Å². The first kappa shape index (κ1) is 13.6. The van der Waals surface area contributed by atoms with E-state index in [0.717, 1.165) is 16.2 Å². The number of imidazole rings is 1. The summed E-state index contributed by atoms with van der Waals surface area (Å²) in [7, 11) is 0. The Morgan fingerprint density at radius 2 is 2.10 bits per heavy atom. The van der Waals surface area contributed by atoms with Crippen LogP contribution in [0.3, 0.4) is 0 Å². The number of rotatable bonds is 2. The molecule has 1 atom stereocenters. The van der Waals surface area contributed by atoms with E-state index >= 15 is 0 Å². The summed E-state index contributed by atoms with van der Waals surface area (Å²) in [5.41, 5.74) is 9.19. The molecule has 3 aromatic rings. The van der Waals surface area contributed by atoms with Crippen molar-refractivity contribution in [2.24, 2.45) is 0 Å². The Bertz CT molecular complexity index is 868. The molecule has 6 heteroatoms. The van der Waals surface area contributed by atoms with Gasteiger partial charge in [-0.25, -0.2) is 9.97 Å². The number of nitrogens with two attached hydrogens (primary N) is 1. The molecule has 0 aliphatic carbocycles. The van der Waals surface area contributed by atoms with Crippen LogP contribution in [-0.4, -0.2) is 14.5 Å². The van der Waals surface area contributed by atoms with Gasteiger partial charge in [0, 0.05) is 0 Å². The van der Waals surface area contributed by atoms with Crippen LogP contribution in [0.15, 0.2) is 18.2 Å². The van der Waals surface area contributed by atoms with Crippen molar-refractivity contribution in [2.75, 3.05) is 5.73 Å². The second-order valence-corrected chi connectivity index (χ2v) is 6.22. The predicted octanol–water partition coefficient (Wildman–Crippen LogP) is 3.17. The van der Waals surface area contributed by atoms with E-state index < -0.39 is 0 Å². The van der Waals surface area contributed by atoms with Gasteiger partial charge < -0.3 is 10.3 Å². The van der Waals surface area contributed by atoms with Crippen LogP contribution >= 0.6 is 11.3 Å². The number of thiazole rings is 1. The third-order valence-corrected chi connectivity index (χ3v) is 4.82. The number of para-hydroxylation sites is 1. The van der Waals surface area contributed by atoms with Crippen molar-refractivity contribution in [1.82, 2.24) is 14.5 Å². The fraction of sp³-hybridized carbons (Fsp3) is 0.267. The van der Waals surface area contributed by atoms with E-state index in [-0.39, 0.29) is 6.04 Å². The molecule has 0 aliphatic rings. The molecule has 1 aromatic carbocycles. The number of nitrogens with zero attached hydrogens (tertiary/aromatic N) is 4. The summed E-state index contributed by atoms with van der Waals surface area (Å²) >= 11 is 1.67. The van der Waals surface area contributed by atoms with Gasteiger partial charge in [-0.3, -0.25) is 0 Å². The molecule has 106 valence electrons. The van der Waals surface area contributed by atoms with Gasteiger partial charge in [-0.1, -0.05) is 6.07 Å². The highest BCUT2D eigenvalue weighted by molar-refractivity contribution is 7.11. The normalized spacial score (nSPS) is 12.5. The molecule has 0 saturated carbocycles. The maximum atomic E-state index is 9.19. The van der Waals surface area contributed by atoms with Gasteiger partial charge in [-0.15, -0.1) is 11.3 Å². The van der Waals surface area contributed by atoms with Gasteiger partial charge in [0.2, 0.25) is 5.95 Å². The molecule has 0 bridgehead atoms. The molecule has 21 heavy (non-hydrogen) atoms. The molecule has 0 aliphatic heterocycles. The van der Waals surface area contributed by atoms with Crippen molar-refractivity contribution in [1.29, 1.82) is 5.26 Å². The minimum absolute atomic E-state index is 0.0372. The lowest BCUT2D eigenvalue weighted by molar-refractivity contribution is 0.674. The third-order valence-electron chi connectivity index (χ3n) is 3.57. The van der Waals surface area contributed by atoms with Gasteiger partial charge in [0.05, 0.1) is 32.7 Å². The second-order valence-electron chi connectivity index (χ2n) is 4.98. The number of nitriles is 1. The quantitative estimate of drug-likeness (QED) is 0.787. The van der Waals surface area contributed by atoms with Crippen molar-refractivity contribution in [2.45, 2.75) is 26.8 Å². The van der Waals surface area contributed by atoms with E-state index in [4.69, 9.17) is 5.73 Å². The molecular weight excluding hydrogens is 282 g/mol. The summed E-state index contributed by atoms with van der Waals surface area (Å²) in [6.07, 6.45) is 0. The number of benzene rings is 1. The van der Waals surface area contributed by atoms with Gasteiger partial charge >= 0.3 is 0 Å². The zero-order valence-corrected chi connectivity index (χ0v) is 12.9. The van der Waals surface area contributed by atoms with Gasteiger partial charge in [-0.05, 0) is 32.9 Å². The van der Waals surface area contributed by atoms with E-state index in [0.29, 0.717) is 17.0 Å². The van der Waals surface area contributed by atoms with Crippen LogP contribution in [0.2, 0.25) is 0 Å². The highest BCUT2D eigenvalue weighted by atomic mass is 32.1. The van der Waals surface area contributed by atoms with E-state index in [1.165, 1.54) is 4.88 Å². The van der Waals surface area contributed by atoms with Gasteiger partial charge in [0.25, 0.3) is 0 Å². The largest absolute Gasteiger partial charge is 0.369 e. The summed E-state index contributed by atoms with van der Waals surface area (Å²) in [5.74, 6) is 0.422. The number of aryl methyl sites for hydroxylation is 2. The SMILES string of the molecule is Cc1nc(C)c(C(C)n2c(N)nc3c(C#N)cccc32)s1. The smallest absolute Gasteiger partial charge is 0.201 e. The average Bonchev–Trinajstić information content (AvgIpc) is 2.96. The molecule has 3 rings (SSSR count). The van der Waals surface area contributed by atoms with Crippen LogP contribution in [0.25, 0.3) is 11.0 Å². The molecule has 2 N–H and O–H groups in total. The molecule has 0 spiro atoms. The highest BCUT2D eigenvalue weighted by Crippen LogP contribution is 2.33. The molecular formula is C15H15N5S. The third kappa shape index (κ3) is 2.06. The molecule has 0 saturated heterocycles. The summed E-state index contributed by atoms with van der Waals surface area (Å²) < 4.78 is 1.97. The van der Waals surface area contributed by atoms with E-state index in [9.17, 15) is 5.26 Å². The summed E-state index contributed by atoms with van der Waals surface area (Å²) in [6, 6.07) is 7.76. The summed E-state index contributed by atoms with van der Waals surface area (Å²) in [4.78, 5) is 10.0. The van der Waals surface area contributed by atoms with Crippen LogP contribution in [0.5, 0.6) is 0 Å². The first-order valence-electron chi connectivity index (χ1n) is 6.63. The zero-order chi connectivity index (χ0) is 15.1. The minimum atomic E-state index is 0.0372. The van der Waals surface area contributed by atoms with Crippen LogP contribution in [0.1, 0.15) is 34.1 Å². The Hall–Kier alpha value is -2.39. The summed E-state index contributed by atoms with van der Waals surface area (Å²) in [5, 5.41) is 10.2. The first-order chi connectivity index (χ1) is 10.0. The Morgan fingerprint density at radius 3 is 2.71 bits per heavy atom. The van der Waals surface area contributed by atoms with Gasteiger partial charge in [0.15, 0.2) is 0 Å². The van der Waals surface area contributed by atoms with Crippen molar-refractivity contribution in [3.05, 3.63) is 39.3 Å². The molecule has 2 heterocycles. The molecule has 2 aromatic heterocycles. The Balaban J connectivity index is 2.23. The van der Waals surface area contributed by atoms with Crippen molar-refractivity contribution >= 4 is 28.3 Å². The van der Waals surface area contributed by atoms with Crippen LogP contribution in [-0.2, 0) is 0 Å². The van der Waals surface area contributed by atoms with Crippen molar-refractivity contribution < 1.29 is 0 Å². The number of fused-ring (bicyclic) bond motifs is 1. The number of hydrogen-bond donors (Lipinski definition) is 1. The molecule has 0 radical (unpaired) electrons. The lowest BCUT2D eigenvalue weighted by Crippen LogP contribution is -2.10. The second kappa shape index (κ2) is 4.86. The van der Waals surface area contributed by atoms with Crippen LogP contribution < -0.4 is 5.73 Å². The Morgan fingerprint density at radius 1 is 1.33 bits per heavy atom. The molecule has 0 amide bonds. The maximum Gasteiger partial charge on any atom is 0.201 e. The highest BCUT2D eigenvalue weighted by Gasteiger charge is 2.20. The van der Waals surface area contributed by atoms with Crippen molar-refractivity contribution in [3.63, 3.8) is 0 Å². The standard InChI is InChI=1S/C15H15N5S/c1-8-14(21-10(3)18-8)9(2)20-12-6-4-5-11(7-16)13(12)19-15(20)17/h4-6,9H,1-3H3,(H2,17,19). The number of nitrogen functional groups attached to an aromatic ring is 1. The fourth-order valence-electron chi connectivity index (χ4n) is 2.68. The van der Waals surface area contributed by atoms with Gasteiger partial charge in [0.1, 0.15) is 11.6 Å². The minimum Gasteiger partial charge on any atom is -0.369 e. The monoisotopic (exact) mass is 297 g/mol. The maximum absolute atomic E-state index is 9.19. The Labute approximate surface area is 126 Å². The van der Waals surface area contributed by atoms with Crippen LogP contribution in [0, 0.1) is 25.2 Å². The number of anilines is 1. The molecule has 5 nitrogen and oxygen atoms in total. The lowest BCUT2D eigenvalue weighted by Gasteiger charge is -2.15. The fourth-order valence-corrected chi connectivity index (χ4v) is 3.65. The zero-order valence-electron chi connectivity index (χ0n) is 12.1. The molecule has 1 unspecified atom stereocenters. The van der Waals surface area contributed by atoms with E-state index in [2.05, 4.69) is 23.0 Å². The molecule has 0 fully saturated rings. The predicted molar refractivity (Wildman–Crippen MR) is 84.3 cm³/mol. The van der Waals surface area contributed by atoms with E-state index in [1.54, 1.807) is 17.4 Å². The number of aromatic nitrogens is 3. The average molecular weight is 297 g/mol. The lowest BCUT2D eigenvalue weighted by atomic mass is 10.2. The van der Waals surface area contributed by atoms with Gasteiger partial charge in [-0.2, -0.15) is 5.26 Å². The number of hydrogen-bond acceptors (Lipinski definition) is 5. The van der Waals surface area contributed by atoms with Crippen molar-refractivity contribution in [3.8, 4) is 6.07 Å². The Kier molecular flexibility index (Phi) is 3.15. The topological polar surface area (TPSA) is 80.5 Å².